The van der Waals surface area contributed by atoms with Gasteiger partial charge in [0.25, 0.3) is 0 Å². The summed E-state index contributed by atoms with van der Waals surface area (Å²) in [5.41, 5.74) is 3.02. The van der Waals surface area contributed by atoms with Crippen LogP contribution in [-0.4, -0.2) is 15.5 Å². The molecule has 0 saturated carbocycles. The summed E-state index contributed by atoms with van der Waals surface area (Å²) >= 11 is 0. The van der Waals surface area contributed by atoms with E-state index in [0.29, 0.717) is 12.1 Å². The zero-order valence-electron chi connectivity index (χ0n) is 12.0. The van der Waals surface area contributed by atoms with E-state index >= 15 is 0 Å². The van der Waals surface area contributed by atoms with Crippen molar-refractivity contribution in [2.75, 3.05) is 0 Å². The summed E-state index contributed by atoms with van der Waals surface area (Å²) in [6, 6.07) is 19.1. The van der Waals surface area contributed by atoms with E-state index in [1.165, 1.54) is 17.7 Å². The van der Waals surface area contributed by atoms with Crippen LogP contribution in [0.15, 0.2) is 54.6 Å². The second-order valence-electron chi connectivity index (χ2n) is 5.11. The molecule has 0 aliphatic carbocycles. The molecule has 3 heteroatoms. The number of rotatable bonds is 5. The molecule has 20 heavy (non-hydrogen) atoms. The van der Waals surface area contributed by atoms with E-state index < -0.39 is 0 Å². The van der Waals surface area contributed by atoms with Crippen LogP contribution in [0.3, 0.4) is 0 Å². The summed E-state index contributed by atoms with van der Waals surface area (Å²) in [5, 5.41) is 1.49. The first-order valence-corrected chi connectivity index (χ1v) is 8.43. The zero-order valence-corrected chi connectivity index (χ0v) is 13.4. The normalized spacial score (nSPS) is 12.5. The molecule has 0 heterocycles. The molecule has 0 amide bonds. The Bertz CT molecular complexity index is 549. The quantitative estimate of drug-likeness (QED) is 0.622. The van der Waals surface area contributed by atoms with E-state index in [-0.39, 0.29) is 15.5 Å². The lowest BCUT2D eigenvalue weighted by Crippen LogP contribution is -2.19. The van der Waals surface area contributed by atoms with Crippen LogP contribution in [-0.2, 0) is 16.1 Å². The molecule has 0 bridgehead atoms. The van der Waals surface area contributed by atoms with Crippen LogP contribution >= 0.6 is 0 Å². The molecule has 0 radical (unpaired) electrons. The standard InChI is InChI=1S/C17H20O2Si/c1-13(20-17-6-4-3-5-7-17)16-10-8-15(9-11-16)12-19-14(2)18/h3-11,13H,12,20H2,1-2H3/t13-/m0/s1. The number of carbonyl (C=O) groups excluding carboxylic acids is 1. The van der Waals surface area contributed by atoms with Gasteiger partial charge in [0.15, 0.2) is 0 Å². The monoisotopic (exact) mass is 284 g/mol. The van der Waals surface area contributed by atoms with Gasteiger partial charge in [-0.1, -0.05) is 66.7 Å². The smallest absolute Gasteiger partial charge is 0.302 e. The van der Waals surface area contributed by atoms with Gasteiger partial charge in [-0.15, -0.1) is 0 Å². The fraction of sp³-hybridized carbons (Fsp3) is 0.235. The Hall–Kier alpha value is -1.87. The molecule has 1 atom stereocenters. The lowest BCUT2D eigenvalue weighted by Gasteiger charge is -2.12. The Balaban J connectivity index is 1.97. The van der Waals surface area contributed by atoms with Crippen LogP contribution in [0.5, 0.6) is 0 Å². The molecule has 2 rings (SSSR count). The van der Waals surface area contributed by atoms with Crippen LogP contribution < -0.4 is 5.19 Å². The molecule has 0 N–H and O–H groups in total. The highest BCUT2D eigenvalue weighted by Gasteiger charge is 2.07. The van der Waals surface area contributed by atoms with Crippen molar-refractivity contribution in [1.29, 1.82) is 0 Å². The fourth-order valence-corrected chi connectivity index (χ4v) is 3.97. The number of hydrogen-bond acceptors (Lipinski definition) is 2. The minimum absolute atomic E-state index is 0.237. The van der Waals surface area contributed by atoms with E-state index in [2.05, 4.69) is 49.4 Å². The van der Waals surface area contributed by atoms with Crippen LogP contribution in [0.1, 0.15) is 30.5 Å². The van der Waals surface area contributed by atoms with Gasteiger partial charge in [0.05, 0.1) is 9.52 Å². The van der Waals surface area contributed by atoms with Gasteiger partial charge >= 0.3 is 5.97 Å². The van der Waals surface area contributed by atoms with E-state index in [4.69, 9.17) is 4.74 Å². The number of hydrogen-bond donors (Lipinski definition) is 0. The molecule has 2 aromatic rings. The van der Waals surface area contributed by atoms with Crippen molar-refractivity contribution in [2.45, 2.75) is 26.0 Å². The van der Waals surface area contributed by atoms with Crippen LogP contribution in [0.4, 0.5) is 0 Å². The minimum Gasteiger partial charge on any atom is -0.461 e. The predicted octanol–water partition coefficient (Wildman–Crippen LogP) is 2.30. The highest BCUT2D eigenvalue weighted by Crippen LogP contribution is 2.15. The van der Waals surface area contributed by atoms with Crippen LogP contribution in [0.2, 0.25) is 0 Å². The average Bonchev–Trinajstić information content (AvgIpc) is 2.46. The summed E-state index contributed by atoms with van der Waals surface area (Å²) < 4.78 is 4.99. The lowest BCUT2D eigenvalue weighted by atomic mass is 10.1. The Labute approximate surface area is 122 Å². The molecule has 0 aromatic heterocycles. The third-order valence-electron chi connectivity index (χ3n) is 3.38. The summed E-state index contributed by atoms with van der Waals surface area (Å²) in [4.78, 5) is 10.8. The first-order valence-electron chi connectivity index (χ1n) is 6.91. The number of benzene rings is 2. The van der Waals surface area contributed by atoms with E-state index in [1.54, 1.807) is 0 Å². The van der Waals surface area contributed by atoms with Crippen LogP contribution in [0.25, 0.3) is 0 Å². The number of carbonyl (C=O) groups is 1. The Morgan fingerprint density at radius 2 is 1.75 bits per heavy atom. The van der Waals surface area contributed by atoms with Crippen molar-refractivity contribution in [2.24, 2.45) is 0 Å². The zero-order chi connectivity index (χ0) is 14.4. The minimum atomic E-state index is -0.307. The molecule has 0 fully saturated rings. The third kappa shape index (κ3) is 4.35. The van der Waals surface area contributed by atoms with Gasteiger partial charge in [-0.2, -0.15) is 0 Å². The molecule has 0 aliphatic heterocycles. The van der Waals surface area contributed by atoms with Gasteiger partial charge in [-0.3, -0.25) is 4.79 Å². The van der Waals surface area contributed by atoms with Gasteiger partial charge in [0.1, 0.15) is 6.61 Å². The molecule has 104 valence electrons. The molecule has 2 nitrogen and oxygen atoms in total. The third-order valence-corrected chi connectivity index (χ3v) is 5.40. The van der Waals surface area contributed by atoms with Gasteiger partial charge in [-0.25, -0.2) is 0 Å². The SMILES string of the molecule is CC(=O)OCc1ccc([C@H](C)[SiH2]c2ccccc2)cc1. The van der Waals surface area contributed by atoms with Crippen molar-refractivity contribution in [3.05, 3.63) is 65.7 Å². The molecular formula is C17H20O2Si. The highest BCUT2D eigenvalue weighted by molar-refractivity contribution is 6.54. The Morgan fingerprint density at radius 3 is 2.35 bits per heavy atom. The maximum Gasteiger partial charge on any atom is 0.302 e. The highest BCUT2D eigenvalue weighted by atomic mass is 28.2. The Kier molecular flexibility index (Phi) is 5.13. The second-order valence-corrected chi connectivity index (χ2v) is 7.56. The van der Waals surface area contributed by atoms with Crippen molar-refractivity contribution >= 4 is 20.7 Å². The molecular weight excluding hydrogens is 264 g/mol. The molecule has 0 unspecified atom stereocenters. The molecule has 2 aromatic carbocycles. The summed E-state index contributed by atoms with van der Waals surface area (Å²) in [5.74, 6) is -0.237. The molecule has 0 spiro atoms. The summed E-state index contributed by atoms with van der Waals surface area (Å²) in [6.45, 7) is 4.09. The molecule has 0 aliphatic rings. The number of esters is 1. The largest absolute Gasteiger partial charge is 0.461 e. The van der Waals surface area contributed by atoms with Gasteiger partial charge in [0, 0.05) is 6.92 Å². The molecule has 0 saturated heterocycles. The Morgan fingerprint density at radius 1 is 1.10 bits per heavy atom. The van der Waals surface area contributed by atoms with Gasteiger partial charge in [-0.05, 0) is 16.7 Å². The van der Waals surface area contributed by atoms with Crippen molar-refractivity contribution < 1.29 is 9.53 Å². The van der Waals surface area contributed by atoms with E-state index in [1.807, 2.05) is 12.1 Å². The first kappa shape index (κ1) is 14.5. The van der Waals surface area contributed by atoms with Gasteiger partial charge < -0.3 is 4.74 Å². The summed E-state index contributed by atoms with van der Waals surface area (Å²) in [7, 11) is -0.307. The van der Waals surface area contributed by atoms with E-state index in [0.717, 1.165) is 5.56 Å². The maximum absolute atomic E-state index is 10.8. The fourth-order valence-electron chi connectivity index (χ4n) is 2.21. The lowest BCUT2D eigenvalue weighted by molar-refractivity contribution is -0.142. The van der Waals surface area contributed by atoms with E-state index in [9.17, 15) is 4.79 Å². The predicted molar refractivity (Wildman–Crippen MR) is 84.9 cm³/mol. The van der Waals surface area contributed by atoms with Crippen molar-refractivity contribution in [1.82, 2.24) is 0 Å². The second kappa shape index (κ2) is 7.06. The van der Waals surface area contributed by atoms with Crippen molar-refractivity contribution in [3.8, 4) is 0 Å². The van der Waals surface area contributed by atoms with Gasteiger partial charge in [0.2, 0.25) is 0 Å². The topological polar surface area (TPSA) is 26.3 Å². The maximum atomic E-state index is 10.8. The average molecular weight is 284 g/mol. The first-order chi connectivity index (χ1) is 9.65. The summed E-state index contributed by atoms with van der Waals surface area (Å²) in [6.07, 6.45) is 0. The number of ether oxygens (including phenoxy) is 1. The van der Waals surface area contributed by atoms with Crippen molar-refractivity contribution in [3.63, 3.8) is 0 Å². The van der Waals surface area contributed by atoms with Crippen LogP contribution in [0, 0.1) is 0 Å².